The molecule has 0 bridgehead atoms. The van der Waals surface area contributed by atoms with Gasteiger partial charge in [-0.05, 0) is 6.07 Å². The van der Waals surface area contributed by atoms with E-state index in [0.29, 0.717) is 11.8 Å². The first-order valence-corrected chi connectivity index (χ1v) is 4.91. The van der Waals surface area contributed by atoms with Crippen molar-refractivity contribution in [2.75, 3.05) is 0 Å². The van der Waals surface area contributed by atoms with Crippen molar-refractivity contribution in [1.29, 1.82) is 0 Å². The second-order valence-electron chi connectivity index (χ2n) is 3.47. The second-order valence-corrected chi connectivity index (χ2v) is 3.47. The molecule has 2 N–H and O–H groups in total. The molecule has 0 spiro atoms. The minimum Gasteiger partial charge on any atom is -0.325 e. The SMILES string of the molecule is NCc1ccn(-c2cc([N+](=O)[O-])c(F)cc2F)n1. The summed E-state index contributed by atoms with van der Waals surface area (Å²) in [5, 5.41) is 14.5. The lowest BCUT2D eigenvalue weighted by atomic mass is 10.2. The van der Waals surface area contributed by atoms with Crippen molar-refractivity contribution in [2.24, 2.45) is 5.73 Å². The highest BCUT2D eigenvalue weighted by molar-refractivity contribution is 5.45. The topological polar surface area (TPSA) is 87.0 Å². The first-order valence-electron chi connectivity index (χ1n) is 4.91. The van der Waals surface area contributed by atoms with Crippen LogP contribution in [-0.4, -0.2) is 14.7 Å². The van der Waals surface area contributed by atoms with Crippen LogP contribution in [0.1, 0.15) is 5.69 Å². The van der Waals surface area contributed by atoms with Gasteiger partial charge in [0.25, 0.3) is 0 Å². The third-order valence-corrected chi connectivity index (χ3v) is 2.31. The van der Waals surface area contributed by atoms with Crippen LogP contribution in [0.3, 0.4) is 0 Å². The van der Waals surface area contributed by atoms with Gasteiger partial charge in [-0.3, -0.25) is 10.1 Å². The number of nitrogens with two attached hydrogens (primary N) is 1. The van der Waals surface area contributed by atoms with E-state index in [1.165, 1.54) is 12.3 Å². The third kappa shape index (κ3) is 2.05. The lowest BCUT2D eigenvalue weighted by Gasteiger charge is -2.03. The first-order chi connectivity index (χ1) is 8.52. The average molecular weight is 254 g/mol. The summed E-state index contributed by atoms with van der Waals surface area (Å²) < 4.78 is 27.7. The van der Waals surface area contributed by atoms with Crippen molar-refractivity contribution in [1.82, 2.24) is 9.78 Å². The molecule has 0 atom stereocenters. The van der Waals surface area contributed by atoms with E-state index in [1.807, 2.05) is 0 Å². The fraction of sp³-hybridized carbons (Fsp3) is 0.100. The van der Waals surface area contributed by atoms with Crippen molar-refractivity contribution in [3.8, 4) is 5.69 Å². The number of nitrogens with zero attached hydrogens (tertiary/aromatic N) is 3. The minimum atomic E-state index is -1.23. The van der Waals surface area contributed by atoms with Crippen molar-refractivity contribution >= 4 is 5.69 Å². The van der Waals surface area contributed by atoms with Crippen LogP contribution >= 0.6 is 0 Å². The molecular weight excluding hydrogens is 246 g/mol. The fourth-order valence-corrected chi connectivity index (χ4v) is 1.45. The molecule has 2 rings (SSSR count). The molecule has 8 heteroatoms. The Morgan fingerprint density at radius 3 is 2.67 bits per heavy atom. The second kappa shape index (κ2) is 4.49. The molecule has 1 aromatic heterocycles. The fourth-order valence-electron chi connectivity index (χ4n) is 1.45. The van der Waals surface area contributed by atoms with E-state index < -0.39 is 22.2 Å². The Labute approximate surface area is 99.8 Å². The molecule has 0 radical (unpaired) electrons. The zero-order valence-electron chi connectivity index (χ0n) is 9.01. The van der Waals surface area contributed by atoms with Gasteiger partial charge < -0.3 is 5.73 Å². The molecule has 6 nitrogen and oxygen atoms in total. The van der Waals surface area contributed by atoms with Gasteiger partial charge in [-0.15, -0.1) is 0 Å². The van der Waals surface area contributed by atoms with Crippen molar-refractivity contribution in [2.45, 2.75) is 6.54 Å². The van der Waals surface area contributed by atoms with E-state index in [4.69, 9.17) is 5.73 Å². The lowest BCUT2D eigenvalue weighted by Crippen LogP contribution is -2.04. The molecule has 0 aliphatic carbocycles. The molecular formula is C10H8F2N4O2. The maximum Gasteiger partial charge on any atom is 0.307 e. The number of hydrogen-bond acceptors (Lipinski definition) is 4. The summed E-state index contributed by atoms with van der Waals surface area (Å²) in [5.41, 5.74) is 4.82. The zero-order chi connectivity index (χ0) is 13.3. The molecule has 0 aliphatic rings. The Morgan fingerprint density at radius 2 is 2.11 bits per heavy atom. The highest BCUT2D eigenvalue weighted by atomic mass is 19.1. The summed E-state index contributed by atoms with van der Waals surface area (Å²) in [6, 6.07) is 2.78. The third-order valence-electron chi connectivity index (χ3n) is 2.31. The number of benzene rings is 1. The predicted molar refractivity (Wildman–Crippen MR) is 58.0 cm³/mol. The van der Waals surface area contributed by atoms with Crippen molar-refractivity contribution in [3.05, 3.63) is 51.8 Å². The molecule has 0 aliphatic heterocycles. The van der Waals surface area contributed by atoms with Gasteiger partial charge in [0.2, 0.25) is 5.82 Å². The average Bonchev–Trinajstić information content (AvgIpc) is 2.77. The van der Waals surface area contributed by atoms with E-state index in [2.05, 4.69) is 5.10 Å². The van der Waals surface area contributed by atoms with Crippen LogP contribution in [-0.2, 0) is 6.54 Å². The van der Waals surface area contributed by atoms with Gasteiger partial charge in [0.15, 0.2) is 5.82 Å². The van der Waals surface area contributed by atoms with Crippen LogP contribution < -0.4 is 5.73 Å². The van der Waals surface area contributed by atoms with Gasteiger partial charge in [0, 0.05) is 24.9 Å². The highest BCUT2D eigenvalue weighted by Gasteiger charge is 2.19. The summed E-state index contributed by atoms with van der Waals surface area (Å²) in [5.74, 6) is -2.17. The van der Waals surface area contributed by atoms with Gasteiger partial charge in [0.1, 0.15) is 5.69 Å². The summed E-state index contributed by atoms with van der Waals surface area (Å²) in [4.78, 5) is 9.65. The van der Waals surface area contributed by atoms with Gasteiger partial charge >= 0.3 is 5.69 Å². The molecule has 0 amide bonds. The van der Waals surface area contributed by atoms with Gasteiger partial charge in [0.05, 0.1) is 10.6 Å². The summed E-state index contributed by atoms with van der Waals surface area (Å²) in [6.07, 6.45) is 1.39. The Bertz CT molecular complexity index is 612. The van der Waals surface area contributed by atoms with Gasteiger partial charge in [-0.25, -0.2) is 9.07 Å². The molecule has 2 aromatic rings. The Morgan fingerprint density at radius 1 is 1.39 bits per heavy atom. The Kier molecular flexibility index (Phi) is 3.02. The van der Waals surface area contributed by atoms with E-state index in [0.717, 1.165) is 10.7 Å². The Hall–Kier alpha value is -2.35. The van der Waals surface area contributed by atoms with E-state index >= 15 is 0 Å². The first kappa shape index (κ1) is 12.1. The van der Waals surface area contributed by atoms with Gasteiger partial charge in [-0.2, -0.15) is 9.49 Å². The normalized spacial score (nSPS) is 10.6. The standard InChI is InChI=1S/C10H8F2N4O2/c11-7-3-8(12)10(16(17)18)4-9(7)15-2-1-6(5-13)14-15/h1-4H,5,13H2. The van der Waals surface area contributed by atoms with Gasteiger partial charge in [-0.1, -0.05) is 0 Å². The summed E-state index contributed by atoms with van der Waals surface area (Å²) in [6.45, 7) is 0.151. The molecule has 1 heterocycles. The summed E-state index contributed by atoms with van der Waals surface area (Å²) in [7, 11) is 0. The number of halogens is 2. The van der Waals surface area contributed by atoms with Crippen LogP contribution in [0.15, 0.2) is 24.4 Å². The largest absolute Gasteiger partial charge is 0.325 e. The molecule has 0 fully saturated rings. The van der Waals surface area contributed by atoms with Crippen LogP contribution in [0.4, 0.5) is 14.5 Å². The number of aromatic nitrogens is 2. The van der Waals surface area contributed by atoms with Crippen molar-refractivity contribution in [3.63, 3.8) is 0 Å². The number of nitro benzene ring substituents is 1. The molecule has 94 valence electrons. The van der Waals surface area contributed by atoms with E-state index in [1.54, 1.807) is 0 Å². The molecule has 0 unspecified atom stereocenters. The monoisotopic (exact) mass is 254 g/mol. The zero-order valence-corrected chi connectivity index (χ0v) is 9.01. The molecule has 1 aromatic carbocycles. The van der Waals surface area contributed by atoms with Crippen LogP contribution in [0.25, 0.3) is 5.69 Å². The lowest BCUT2D eigenvalue weighted by molar-refractivity contribution is -0.387. The van der Waals surface area contributed by atoms with Crippen LogP contribution in [0, 0.1) is 21.7 Å². The quantitative estimate of drug-likeness (QED) is 0.664. The van der Waals surface area contributed by atoms with E-state index in [9.17, 15) is 18.9 Å². The maximum absolute atomic E-state index is 13.5. The molecule has 0 saturated heterocycles. The number of hydrogen-bond donors (Lipinski definition) is 1. The van der Waals surface area contributed by atoms with E-state index in [-0.39, 0.29) is 12.2 Å². The number of nitro groups is 1. The maximum atomic E-state index is 13.5. The minimum absolute atomic E-state index is 0.151. The molecule has 18 heavy (non-hydrogen) atoms. The summed E-state index contributed by atoms with van der Waals surface area (Å²) >= 11 is 0. The van der Waals surface area contributed by atoms with Crippen LogP contribution in [0.5, 0.6) is 0 Å². The predicted octanol–water partition coefficient (Wildman–Crippen LogP) is 1.52. The Balaban J connectivity index is 2.56. The highest BCUT2D eigenvalue weighted by Crippen LogP contribution is 2.23. The van der Waals surface area contributed by atoms with Crippen molar-refractivity contribution < 1.29 is 13.7 Å². The van der Waals surface area contributed by atoms with Crippen LogP contribution in [0.2, 0.25) is 0 Å². The molecule has 0 saturated carbocycles. The smallest absolute Gasteiger partial charge is 0.307 e. The number of rotatable bonds is 3.